The number of ether oxygens (including phenoxy) is 1. The zero-order valence-electron chi connectivity index (χ0n) is 10.7. The molecule has 0 heterocycles. The van der Waals surface area contributed by atoms with Crippen molar-refractivity contribution in [2.24, 2.45) is 0 Å². The lowest BCUT2D eigenvalue weighted by Gasteiger charge is -2.12. The normalized spacial score (nSPS) is 12.1. The van der Waals surface area contributed by atoms with E-state index in [-0.39, 0.29) is 0 Å². The molecule has 1 unspecified atom stereocenters. The van der Waals surface area contributed by atoms with Crippen LogP contribution in [0, 0.1) is 0 Å². The molecule has 2 rings (SSSR count). The molecule has 4 heteroatoms. The van der Waals surface area contributed by atoms with Crippen LogP contribution in [0.1, 0.15) is 11.7 Å². The first kappa shape index (κ1) is 13.8. The molecule has 3 nitrogen and oxygen atoms in total. The van der Waals surface area contributed by atoms with Gasteiger partial charge in [0.05, 0.1) is 13.2 Å². The number of thioether (sulfide) groups is 1. The van der Waals surface area contributed by atoms with E-state index in [0.29, 0.717) is 11.4 Å². The summed E-state index contributed by atoms with van der Waals surface area (Å²) in [6.45, 7) is 0. The van der Waals surface area contributed by atoms with Crippen LogP contribution in [0.5, 0.6) is 5.75 Å². The number of aliphatic hydroxyl groups is 1. The van der Waals surface area contributed by atoms with Crippen molar-refractivity contribution in [2.45, 2.75) is 11.0 Å². The third-order valence-corrected chi connectivity index (χ3v) is 3.89. The van der Waals surface area contributed by atoms with Crippen molar-refractivity contribution < 1.29 is 9.84 Å². The second kappa shape index (κ2) is 6.50. The van der Waals surface area contributed by atoms with Gasteiger partial charge in [0.25, 0.3) is 0 Å². The van der Waals surface area contributed by atoms with Crippen molar-refractivity contribution in [3.05, 3.63) is 54.1 Å². The minimum atomic E-state index is -0.543. The Morgan fingerprint density at radius 1 is 1.21 bits per heavy atom. The zero-order valence-corrected chi connectivity index (χ0v) is 11.6. The Morgan fingerprint density at radius 3 is 2.74 bits per heavy atom. The molecule has 0 spiro atoms. The number of hydrogen-bond acceptors (Lipinski definition) is 4. The summed E-state index contributed by atoms with van der Waals surface area (Å²) in [5.41, 5.74) is 7.21. The maximum atomic E-state index is 10.2. The van der Waals surface area contributed by atoms with Crippen LogP contribution in [-0.2, 0) is 0 Å². The summed E-state index contributed by atoms with van der Waals surface area (Å²) in [7, 11) is 1.65. The average molecular weight is 275 g/mol. The summed E-state index contributed by atoms with van der Waals surface area (Å²) in [5, 5.41) is 10.2. The van der Waals surface area contributed by atoms with Gasteiger partial charge in [-0.15, -0.1) is 11.8 Å². The van der Waals surface area contributed by atoms with Gasteiger partial charge in [-0.2, -0.15) is 0 Å². The second-order valence-electron chi connectivity index (χ2n) is 4.15. The molecule has 0 amide bonds. The lowest BCUT2D eigenvalue weighted by molar-refractivity contribution is 0.204. The van der Waals surface area contributed by atoms with Crippen LogP contribution in [0.4, 0.5) is 5.69 Å². The van der Waals surface area contributed by atoms with Crippen molar-refractivity contribution in [3.8, 4) is 5.75 Å². The highest BCUT2D eigenvalue weighted by atomic mass is 32.2. The summed E-state index contributed by atoms with van der Waals surface area (Å²) in [6.07, 6.45) is -0.543. The number of anilines is 1. The van der Waals surface area contributed by atoms with Crippen molar-refractivity contribution in [2.75, 3.05) is 18.6 Å². The van der Waals surface area contributed by atoms with E-state index in [1.807, 2.05) is 42.5 Å². The van der Waals surface area contributed by atoms with Gasteiger partial charge in [-0.25, -0.2) is 0 Å². The smallest absolute Gasteiger partial charge is 0.132 e. The molecule has 0 aliphatic heterocycles. The summed E-state index contributed by atoms with van der Waals surface area (Å²) in [6, 6.07) is 15.1. The monoisotopic (exact) mass is 275 g/mol. The Labute approximate surface area is 117 Å². The fraction of sp³-hybridized carbons (Fsp3) is 0.200. The van der Waals surface area contributed by atoms with E-state index in [2.05, 4.69) is 0 Å². The number of methoxy groups -OCH3 is 1. The van der Waals surface area contributed by atoms with Crippen molar-refractivity contribution in [3.63, 3.8) is 0 Å². The molecule has 0 bridgehead atoms. The number of nitrogens with two attached hydrogens (primary N) is 1. The molecule has 0 aliphatic rings. The molecular formula is C15H17NO2S. The quantitative estimate of drug-likeness (QED) is 0.650. The summed E-state index contributed by atoms with van der Waals surface area (Å²) >= 11 is 1.56. The first-order chi connectivity index (χ1) is 9.20. The van der Waals surface area contributed by atoms with E-state index in [1.54, 1.807) is 24.9 Å². The first-order valence-electron chi connectivity index (χ1n) is 6.00. The van der Waals surface area contributed by atoms with Crippen LogP contribution < -0.4 is 10.5 Å². The molecule has 0 saturated carbocycles. The van der Waals surface area contributed by atoms with Crippen molar-refractivity contribution in [1.82, 2.24) is 0 Å². The van der Waals surface area contributed by atoms with Crippen molar-refractivity contribution >= 4 is 17.4 Å². The van der Waals surface area contributed by atoms with Crippen LogP contribution >= 0.6 is 11.8 Å². The third kappa shape index (κ3) is 3.66. The molecule has 0 aliphatic carbocycles. The summed E-state index contributed by atoms with van der Waals surface area (Å²) in [5.74, 6) is 1.39. The van der Waals surface area contributed by atoms with Gasteiger partial charge in [-0.1, -0.05) is 24.3 Å². The van der Waals surface area contributed by atoms with Gasteiger partial charge in [0.2, 0.25) is 0 Å². The molecule has 3 N–H and O–H groups in total. The van der Waals surface area contributed by atoms with E-state index in [1.165, 1.54) is 0 Å². The average Bonchev–Trinajstić information content (AvgIpc) is 2.45. The topological polar surface area (TPSA) is 55.5 Å². The molecule has 1 atom stereocenters. The maximum absolute atomic E-state index is 10.2. The predicted molar refractivity (Wildman–Crippen MR) is 79.5 cm³/mol. The Morgan fingerprint density at radius 2 is 2.00 bits per heavy atom. The first-order valence-corrected chi connectivity index (χ1v) is 6.98. The largest absolute Gasteiger partial charge is 0.496 e. The fourth-order valence-electron chi connectivity index (χ4n) is 1.77. The second-order valence-corrected chi connectivity index (χ2v) is 5.21. The van der Waals surface area contributed by atoms with Gasteiger partial charge in [0.15, 0.2) is 0 Å². The SMILES string of the molecule is COc1ccccc1SCC(O)c1cccc(N)c1. The van der Waals surface area contributed by atoms with Gasteiger partial charge < -0.3 is 15.6 Å². The van der Waals surface area contributed by atoms with E-state index in [4.69, 9.17) is 10.5 Å². The maximum Gasteiger partial charge on any atom is 0.132 e. The van der Waals surface area contributed by atoms with E-state index in [0.717, 1.165) is 16.2 Å². The Kier molecular flexibility index (Phi) is 4.71. The Balaban J connectivity index is 2.02. The number of rotatable bonds is 5. The minimum absolute atomic E-state index is 0.543. The van der Waals surface area contributed by atoms with Crippen LogP contribution in [-0.4, -0.2) is 18.0 Å². The van der Waals surface area contributed by atoms with Gasteiger partial charge in [-0.3, -0.25) is 0 Å². The van der Waals surface area contributed by atoms with E-state index < -0.39 is 6.10 Å². The Hall–Kier alpha value is -1.65. The van der Waals surface area contributed by atoms with Gasteiger partial charge in [0.1, 0.15) is 5.75 Å². The van der Waals surface area contributed by atoms with Gasteiger partial charge in [0, 0.05) is 16.3 Å². The number of nitrogen functional groups attached to an aromatic ring is 1. The number of hydrogen-bond donors (Lipinski definition) is 2. The fourth-order valence-corrected chi connectivity index (χ4v) is 2.77. The highest BCUT2D eigenvalue weighted by molar-refractivity contribution is 7.99. The molecule has 2 aromatic carbocycles. The molecule has 2 aromatic rings. The molecule has 19 heavy (non-hydrogen) atoms. The molecule has 0 aromatic heterocycles. The highest BCUT2D eigenvalue weighted by Gasteiger charge is 2.10. The van der Waals surface area contributed by atoms with Crippen molar-refractivity contribution in [1.29, 1.82) is 0 Å². The predicted octanol–water partition coefficient (Wildman–Crippen LogP) is 3.10. The van der Waals surface area contributed by atoms with Gasteiger partial charge >= 0.3 is 0 Å². The lowest BCUT2D eigenvalue weighted by Crippen LogP contribution is -2.01. The third-order valence-electron chi connectivity index (χ3n) is 2.76. The molecular weight excluding hydrogens is 258 g/mol. The van der Waals surface area contributed by atoms with Gasteiger partial charge in [-0.05, 0) is 29.8 Å². The molecule has 0 radical (unpaired) electrons. The molecule has 0 saturated heterocycles. The number of para-hydroxylation sites is 1. The molecule has 0 fully saturated rings. The number of aliphatic hydroxyl groups excluding tert-OH is 1. The van der Waals surface area contributed by atoms with E-state index >= 15 is 0 Å². The zero-order chi connectivity index (χ0) is 13.7. The minimum Gasteiger partial charge on any atom is -0.496 e. The van der Waals surface area contributed by atoms with Crippen LogP contribution in [0.15, 0.2) is 53.4 Å². The Bertz CT molecular complexity index is 545. The standard InChI is InChI=1S/C15H17NO2S/c1-18-14-7-2-3-8-15(14)19-10-13(17)11-5-4-6-12(16)9-11/h2-9,13,17H,10,16H2,1H3. The van der Waals surface area contributed by atoms with Crippen LogP contribution in [0.3, 0.4) is 0 Å². The number of benzene rings is 2. The lowest BCUT2D eigenvalue weighted by atomic mass is 10.1. The summed E-state index contributed by atoms with van der Waals surface area (Å²) < 4.78 is 5.28. The van der Waals surface area contributed by atoms with Crippen LogP contribution in [0.25, 0.3) is 0 Å². The molecule has 100 valence electrons. The van der Waals surface area contributed by atoms with Crippen LogP contribution in [0.2, 0.25) is 0 Å². The van der Waals surface area contributed by atoms with E-state index in [9.17, 15) is 5.11 Å². The summed E-state index contributed by atoms with van der Waals surface area (Å²) in [4.78, 5) is 1.02. The highest BCUT2D eigenvalue weighted by Crippen LogP contribution is 2.31.